The van der Waals surface area contributed by atoms with Crippen molar-refractivity contribution in [3.63, 3.8) is 0 Å². The predicted octanol–water partition coefficient (Wildman–Crippen LogP) is 3.34. The Bertz CT molecular complexity index is 481. The highest BCUT2D eigenvalue weighted by molar-refractivity contribution is 9.10. The fraction of sp³-hybridized carbons (Fsp3) is 0.500. The molecule has 1 heterocycles. The molecule has 2 atom stereocenters. The Kier molecular flexibility index (Phi) is 4.87. The van der Waals surface area contributed by atoms with Crippen LogP contribution < -0.4 is 0 Å². The summed E-state index contributed by atoms with van der Waals surface area (Å²) < 4.78 is 0.783. The third-order valence-electron chi connectivity index (χ3n) is 3.67. The first-order valence-corrected chi connectivity index (χ1v) is 7.57. The van der Waals surface area contributed by atoms with E-state index in [-0.39, 0.29) is 24.5 Å². The molecular formula is C14H17BrClNO2. The quantitative estimate of drug-likeness (QED) is 0.892. The summed E-state index contributed by atoms with van der Waals surface area (Å²) in [5.41, 5.74) is 0.596. The Labute approximate surface area is 126 Å². The van der Waals surface area contributed by atoms with Crippen LogP contribution in [0.25, 0.3) is 0 Å². The van der Waals surface area contributed by atoms with Crippen molar-refractivity contribution in [2.24, 2.45) is 5.92 Å². The van der Waals surface area contributed by atoms with Gasteiger partial charge in [-0.3, -0.25) is 4.79 Å². The molecule has 0 saturated carbocycles. The summed E-state index contributed by atoms with van der Waals surface area (Å²) in [5.74, 6) is 0.172. The van der Waals surface area contributed by atoms with Gasteiger partial charge in [-0.15, -0.1) is 0 Å². The zero-order valence-corrected chi connectivity index (χ0v) is 13.1. The summed E-state index contributed by atoms with van der Waals surface area (Å²) in [5, 5.41) is 9.80. The first-order chi connectivity index (χ1) is 9.02. The van der Waals surface area contributed by atoms with E-state index in [0.717, 1.165) is 17.3 Å². The monoisotopic (exact) mass is 345 g/mol. The fourth-order valence-corrected chi connectivity index (χ4v) is 2.84. The van der Waals surface area contributed by atoms with Crippen LogP contribution >= 0.6 is 27.5 Å². The number of nitrogens with zero attached hydrogens (tertiary/aromatic N) is 1. The van der Waals surface area contributed by atoms with E-state index in [1.54, 1.807) is 18.2 Å². The van der Waals surface area contributed by atoms with E-state index in [9.17, 15) is 9.90 Å². The van der Waals surface area contributed by atoms with E-state index in [1.165, 1.54) is 0 Å². The number of carbonyl (C=O) groups excluding carboxylic acids is 1. The number of benzene rings is 1. The van der Waals surface area contributed by atoms with Crippen LogP contribution in [0.4, 0.5) is 0 Å². The van der Waals surface area contributed by atoms with Gasteiger partial charge in [-0.1, -0.05) is 11.6 Å². The molecule has 104 valence electrons. The molecule has 0 spiro atoms. The van der Waals surface area contributed by atoms with E-state index in [4.69, 9.17) is 11.6 Å². The van der Waals surface area contributed by atoms with E-state index in [1.807, 2.05) is 11.8 Å². The van der Waals surface area contributed by atoms with Crippen molar-refractivity contribution in [2.45, 2.75) is 25.8 Å². The van der Waals surface area contributed by atoms with Gasteiger partial charge in [0.1, 0.15) is 0 Å². The van der Waals surface area contributed by atoms with Gasteiger partial charge < -0.3 is 10.0 Å². The maximum Gasteiger partial charge on any atom is 0.254 e. The van der Waals surface area contributed by atoms with Crippen LogP contribution in [0, 0.1) is 5.92 Å². The third kappa shape index (κ3) is 3.30. The molecule has 1 aliphatic rings. The van der Waals surface area contributed by atoms with Crippen LogP contribution in [-0.4, -0.2) is 35.1 Å². The molecule has 0 aliphatic carbocycles. The number of aliphatic hydroxyl groups is 1. The van der Waals surface area contributed by atoms with Gasteiger partial charge in [0.15, 0.2) is 0 Å². The Morgan fingerprint density at radius 3 is 2.89 bits per heavy atom. The number of piperidine rings is 1. The molecule has 0 radical (unpaired) electrons. The number of hydrogen-bond acceptors (Lipinski definition) is 2. The van der Waals surface area contributed by atoms with Gasteiger partial charge in [0.2, 0.25) is 0 Å². The number of amides is 1. The molecule has 5 heteroatoms. The smallest absolute Gasteiger partial charge is 0.254 e. The molecule has 1 aliphatic heterocycles. The second kappa shape index (κ2) is 6.25. The van der Waals surface area contributed by atoms with Crippen LogP contribution in [0.2, 0.25) is 5.02 Å². The number of likely N-dealkylation sites (tertiary alicyclic amines) is 1. The number of rotatable bonds is 2. The normalized spacial score (nSPS) is 23.5. The van der Waals surface area contributed by atoms with E-state index in [2.05, 4.69) is 15.9 Å². The molecule has 1 saturated heterocycles. The highest BCUT2D eigenvalue weighted by Crippen LogP contribution is 2.27. The molecule has 3 nitrogen and oxygen atoms in total. The van der Waals surface area contributed by atoms with Gasteiger partial charge in [-0.2, -0.15) is 0 Å². The van der Waals surface area contributed by atoms with Gasteiger partial charge in [0.05, 0.1) is 5.02 Å². The summed E-state index contributed by atoms with van der Waals surface area (Å²) in [6, 6.07) is 5.45. The van der Waals surface area contributed by atoms with Crippen molar-refractivity contribution >= 4 is 33.4 Å². The summed E-state index contributed by atoms with van der Waals surface area (Å²) in [6.07, 6.45) is 1.91. The lowest BCUT2D eigenvalue weighted by Crippen LogP contribution is -2.46. The number of halogens is 2. The molecule has 19 heavy (non-hydrogen) atoms. The maximum atomic E-state index is 12.5. The molecule has 2 rings (SSSR count). The van der Waals surface area contributed by atoms with Crippen LogP contribution in [0.15, 0.2) is 22.7 Å². The minimum absolute atomic E-state index is 0.0138. The number of aliphatic hydroxyl groups excluding tert-OH is 1. The predicted molar refractivity (Wildman–Crippen MR) is 79.5 cm³/mol. The van der Waals surface area contributed by atoms with Gasteiger partial charge in [-0.05, 0) is 59.8 Å². The van der Waals surface area contributed by atoms with Crippen molar-refractivity contribution in [1.29, 1.82) is 0 Å². The fourth-order valence-electron chi connectivity index (χ4n) is 2.41. The minimum Gasteiger partial charge on any atom is -0.396 e. The van der Waals surface area contributed by atoms with Crippen LogP contribution in [0.3, 0.4) is 0 Å². The summed E-state index contributed by atoms with van der Waals surface area (Å²) in [6.45, 7) is 2.80. The van der Waals surface area contributed by atoms with Crippen molar-refractivity contribution in [3.05, 3.63) is 33.3 Å². The molecule has 1 aromatic carbocycles. The molecular weight excluding hydrogens is 330 g/mol. The molecule has 1 amide bonds. The van der Waals surface area contributed by atoms with E-state index in [0.29, 0.717) is 17.1 Å². The SMILES string of the molecule is CC1CCC(CO)CN1C(=O)c1ccc(Br)c(Cl)c1. The van der Waals surface area contributed by atoms with Gasteiger partial charge in [0.25, 0.3) is 5.91 Å². The Morgan fingerprint density at radius 2 is 2.26 bits per heavy atom. The van der Waals surface area contributed by atoms with Crippen molar-refractivity contribution in [2.75, 3.05) is 13.2 Å². The topological polar surface area (TPSA) is 40.5 Å². The Balaban J connectivity index is 2.19. The van der Waals surface area contributed by atoms with Gasteiger partial charge in [-0.25, -0.2) is 0 Å². The zero-order chi connectivity index (χ0) is 14.0. The van der Waals surface area contributed by atoms with Crippen LogP contribution in [0.1, 0.15) is 30.1 Å². The van der Waals surface area contributed by atoms with Crippen molar-refractivity contribution < 1.29 is 9.90 Å². The van der Waals surface area contributed by atoms with Gasteiger partial charge >= 0.3 is 0 Å². The number of hydrogen-bond donors (Lipinski definition) is 1. The average molecular weight is 347 g/mol. The lowest BCUT2D eigenvalue weighted by molar-refractivity contribution is 0.0489. The second-order valence-electron chi connectivity index (χ2n) is 5.06. The minimum atomic E-state index is -0.0138. The van der Waals surface area contributed by atoms with Crippen LogP contribution in [0.5, 0.6) is 0 Å². The Morgan fingerprint density at radius 1 is 1.53 bits per heavy atom. The molecule has 1 aromatic rings. The lowest BCUT2D eigenvalue weighted by atomic mass is 9.93. The molecule has 1 N–H and O–H groups in total. The first kappa shape index (κ1) is 14.8. The molecule has 0 aromatic heterocycles. The molecule has 0 bridgehead atoms. The standard InChI is InChI=1S/C14H17BrClNO2/c1-9-2-3-10(8-18)7-17(9)14(19)11-4-5-12(15)13(16)6-11/h4-6,9-10,18H,2-3,7-8H2,1H3. The van der Waals surface area contributed by atoms with E-state index < -0.39 is 0 Å². The molecule has 2 unspecified atom stereocenters. The lowest BCUT2D eigenvalue weighted by Gasteiger charge is -2.37. The van der Waals surface area contributed by atoms with Crippen LogP contribution in [-0.2, 0) is 0 Å². The molecule has 1 fully saturated rings. The number of carbonyl (C=O) groups is 1. The maximum absolute atomic E-state index is 12.5. The summed E-state index contributed by atoms with van der Waals surface area (Å²) in [7, 11) is 0. The summed E-state index contributed by atoms with van der Waals surface area (Å²) in [4.78, 5) is 14.3. The highest BCUT2D eigenvalue weighted by Gasteiger charge is 2.29. The van der Waals surface area contributed by atoms with Crippen molar-refractivity contribution in [3.8, 4) is 0 Å². The first-order valence-electron chi connectivity index (χ1n) is 6.39. The Hall–Kier alpha value is -0.580. The zero-order valence-electron chi connectivity index (χ0n) is 10.8. The summed E-state index contributed by atoms with van der Waals surface area (Å²) >= 11 is 9.35. The largest absolute Gasteiger partial charge is 0.396 e. The van der Waals surface area contributed by atoms with E-state index >= 15 is 0 Å². The third-order valence-corrected chi connectivity index (χ3v) is 4.90. The highest BCUT2D eigenvalue weighted by atomic mass is 79.9. The second-order valence-corrected chi connectivity index (χ2v) is 6.32. The average Bonchev–Trinajstić information content (AvgIpc) is 2.41. The van der Waals surface area contributed by atoms with Gasteiger partial charge in [0, 0.05) is 29.2 Å². The van der Waals surface area contributed by atoms with Crippen molar-refractivity contribution in [1.82, 2.24) is 4.90 Å².